The summed E-state index contributed by atoms with van der Waals surface area (Å²) < 4.78 is 0. The zero-order valence-corrected chi connectivity index (χ0v) is 19.5. The van der Waals surface area contributed by atoms with Gasteiger partial charge in [-0.1, -0.05) is 0 Å². The fourth-order valence-electron chi connectivity index (χ4n) is 0. The van der Waals surface area contributed by atoms with Gasteiger partial charge in [0, 0.05) is 5.97 Å². The monoisotopic (exact) mass is 298 g/mol. The Hall–Kier alpha value is 3.96. The number of carbonyl (C=O) groups excluding carboxylic acids is 2. The molecule has 0 aliphatic carbocycles. The molecule has 0 aliphatic heterocycles. The molecule has 11 heteroatoms. The maximum Gasteiger partial charge on any atom is 1.00 e. The van der Waals surface area contributed by atoms with Crippen LogP contribution in [0.15, 0.2) is 0 Å². The molecule has 0 aromatic heterocycles. The average Bonchev–Trinajstić information content (AvgIpc) is 1.25. The average molecular weight is 299 g/mol. The standard InChI is InChI=1S/C2H4O2.CH2O3.2ClH.K.3Na/c1-2(3)4;2-1(3)4;;;;;;/h1H3,(H,3,4);(H2,2,3,4);2*1H;;;;/q;;;;4*+1/p-4. The Morgan fingerprint density at radius 1 is 0.929 bits per heavy atom. The largest absolute Gasteiger partial charge is 1.00 e. The molecule has 0 saturated heterocycles. The van der Waals surface area contributed by atoms with E-state index in [1.165, 1.54) is 0 Å². The minimum Gasteiger partial charge on any atom is -1.00 e. The molecule has 0 bridgehead atoms. The van der Waals surface area contributed by atoms with Crippen molar-refractivity contribution >= 4 is 24.5 Å². The summed E-state index contributed by atoms with van der Waals surface area (Å²) in [6.07, 6.45) is -2.33. The molecular weight excluding hydrogens is 295 g/mol. The van der Waals surface area contributed by atoms with E-state index in [2.05, 4.69) is 0 Å². The predicted octanol–water partition coefficient (Wildman–Crippen LogP) is -18.2. The molecular formula is C3H4Cl2KNa3O5. The van der Waals surface area contributed by atoms with Crippen LogP contribution < -0.4 is 168 Å². The van der Waals surface area contributed by atoms with Crippen molar-refractivity contribution in [1.29, 1.82) is 0 Å². The first-order valence-corrected chi connectivity index (χ1v) is 1.52. The Bertz CT molecular complexity index is 88.2. The molecule has 0 saturated carbocycles. The van der Waals surface area contributed by atoms with Crippen LogP contribution in [0, 0.1) is 0 Å². The molecule has 0 aromatic carbocycles. The molecule has 0 aromatic rings. The third-order valence-electron chi connectivity index (χ3n) is 0. The summed E-state index contributed by atoms with van der Waals surface area (Å²) in [6.45, 7) is 0.972. The molecule has 0 N–H and O–H groups in total. The van der Waals surface area contributed by atoms with E-state index in [0.29, 0.717) is 0 Å². The molecule has 5 nitrogen and oxygen atoms in total. The quantitative estimate of drug-likeness (QED) is 0.413. The van der Waals surface area contributed by atoms with Crippen LogP contribution >= 0.6 is 12.4 Å². The first kappa shape index (κ1) is 52.1. The third kappa shape index (κ3) is 228. The van der Waals surface area contributed by atoms with Crippen molar-refractivity contribution in [3.8, 4) is 0 Å². The number of carboxylic acids is 1. The second-order valence-electron chi connectivity index (χ2n) is 0.742. The van der Waals surface area contributed by atoms with E-state index in [1.54, 1.807) is 0 Å². The molecule has 0 unspecified atom stereocenters. The number of halogens is 2. The number of hydrogen-bond acceptors (Lipinski definition) is 5. The van der Waals surface area contributed by atoms with Crippen molar-refractivity contribution in [3.05, 3.63) is 0 Å². The number of carbonyl (C=O) groups is 2. The Labute approximate surface area is 204 Å². The van der Waals surface area contributed by atoms with Gasteiger partial charge in [-0.3, -0.25) is 0 Å². The first-order chi connectivity index (χ1) is 3.46. The van der Waals surface area contributed by atoms with Crippen LogP contribution in [-0.4, -0.2) is 12.1 Å². The normalized spacial score (nSPS) is 3.50. The van der Waals surface area contributed by atoms with E-state index in [9.17, 15) is 0 Å². The Balaban J connectivity index is -0.00000000600. The van der Waals surface area contributed by atoms with Crippen molar-refractivity contribution in [3.63, 3.8) is 0 Å². The maximum atomic E-state index is 8.89. The Morgan fingerprint density at radius 2 is 0.929 bits per heavy atom. The van der Waals surface area contributed by atoms with Gasteiger partial charge in [0.05, 0.1) is 0 Å². The van der Waals surface area contributed by atoms with Gasteiger partial charge in [-0.15, -0.1) is 12.4 Å². The van der Waals surface area contributed by atoms with Crippen LogP contribution in [0.1, 0.15) is 6.92 Å². The van der Waals surface area contributed by atoms with Crippen molar-refractivity contribution in [2.75, 3.05) is 0 Å². The molecule has 0 fully saturated rings. The number of aliphatic carboxylic acids is 1. The van der Waals surface area contributed by atoms with Crippen molar-refractivity contribution in [2.45, 2.75) is 6.92 Å². The second kappa shape index (κ2) is 43.6. The van der Waals surface area contributed by atoms with Gasteiger partial charge in [0.2, 0.25) is 0 Å². The van der Waals surface area contributed by atoms with Gasteiger partial charge in [-0.05, 0) is 13.1 Å². The first-order valence-electron chi connectivity index (χ1n) is 1.52. The molecule has 0 atom stereocenters. The smallest absolute Gasteiger partial charge is 1.00 e. The van der Waals surface area contributed by atoms with Gasteiger partial charge >= 0.3 is 140 Å². The molecule has 0 rings (SSSR count). The molecule has 14 heavy (non-hydrogen) atoms. The fourth-order valence-corrected chi connectivity index (χ4v) is 0. The molecule has 0 spiro atoms. The number of carboxylic acid groups (broad SMARTS) is 3. The van der Waals surface area contributed by atoms with E-state index in [0.717, 1.165) is 6.92 Å². The van der Waals surface area contributed by atoms with Gasteiger partial charge in [0.25, 0.3) is 0 Å². The summed E-state index contributed by atoms with van der Waals surface area (Å²) >= 11 is 0. The number of rotatable bonds is 0. The summed E-state index contributed by atoms with van der Waals surface area (Å²) in [7, 11) is 0. The van der Waals surface area contributed by atoms with E-state index in [4.69, 9.17) is 24.9 Å². The molecule has 0 aliphatic rings. The van der Waals surface area contributed by atoms with E-state index >= 15 is 0 Å². The van der Waals surface area contributed by atoms with Gasteiger partial charge < -0.3 is 37.3 Å². The van der Waals surface area contributed by atoms with Crippen LogP contribution in [-0.2, 0) is 4.79 Å². The summed E-state index contributed by atoms with van der Waals surface area (Å²) in [5, 5.41) is 25.6. The van der Waals surface area contributed by atoms with Gasteiger partial charge in [-0.25, -0.2) is 0 Å². The summed E-state index contributed by atoms with van der Waals surface area (Å²) in [5.74, 6) is -1.08. The third-order valence-corrected chi connectivity index (χ3v) is 0. The maximum absolute atomic E-state index is 8.89. The summed E-state index contributed by atoms with van der Waals surface area (Å²) in [4.78, 5) is 17.2. The SMILES string of the molecule is CC(=O)[O-].Cl.O=C([O-])[O-].[Cl-].[K+].[Na+].[Na+].[Na+]. The van der Waals surface area contributed by atoms with E-state index in [1.807, 2.05) is 0 Å². The van der Waals surface area contributed by atoms with Crippen molar-refractivity contribution in [2.24, 2.45) is 0 Å². The van der Waals surface area contributed by atoms with E-state index in [-0.39, 0.29) is 165 Å². The molecule has 0 radical (unpaired) electrons. The van der Waals surface area contributed by atoms with Crippen molar-refractivity contribution < 1.29 is 177 Å². The Morgan fingerprint density at radius 3 is 0.929 bits per heavy atom. The summed E-state index contributed by atoms with van der Waals surface area (Å²) in [6, 6.07) is 0. The summed E-state index contributed by atoms with van der Waals surface area (Å²) in [5.41, 5.74) is 0. The minimum absolute atomic E-state index is 0. The zero-order chi connectivity index (χ0) is 7.15. The van der Waals surface area contributed by atoms with Crippen LogP contribution in [0.2, 0.25) is 0 Å². The predicted molar refractivity (Wildman–Crippen MR) is 23.3 cm³/mol. The topological polar surface area (TPSA) is 103 Å². The molecule has 0 amide bonds. The minimum atomic E-state index is -2.33. The molecule has 0 heterocycles. The second-order valence-corrected chi connectivity index (χ2v) is 0.742. The number of hydrogen-bond donors (Lipinski definition) is 0. The van der Waals surface area contributed by atoms with Crippen LogP contribution in [0.4, 0.5) is 4.79 Å². The van der Waals surface area contributed by atoms with Gasteiger partial charge in [-0.2, -0.15) is 0 Å². The van der Waals surface area contributed by atoms with Gasteiger partial charge in [0.15, 0.2) is 0 Å². The van der Waals surface area contributed by atoms with Crippen LogP contribution in [0.5, 0.6) is 0 Å². The van der Waals surface area contributed by atoms with Gasteiger partial charge in [0.1, 0.15) is 0 Å². The molecule has 64 valence electrons. The van der Waals surface area contributed by atoms with Crippen LogP contribution in [0.3, 0.4) is 0 Å². The zero-order valence-electron chi connectivity index (χ0n) is 8.83. The fraction of sp³-hybridized carbons (Fsp3) is 0.333. The van der Waals surface area contributed by atoms with Crippen LogP contribution in [0.25, 0.3) is 0 Å². The van der Waals surface area contributed by atoms with E-state index < -0.39 is 12.1 Å². The van der Waals surface area contributed by atoms with Crippen molar-refractivity contribution in [1.82, 2.24) is 0 Å². The Kier molecular flexibility index (Phi) is 162.